The molecule has 220 valence electrons. The Balaban J connectivity index is 1.07. The third-order valence-corrected chi connectivity index (χ3v) is 8.78. The minimum Gasteiger partial charge on any atom is -0.497 e. The average molecular weight is 571 g/mol. The Bertz CT molecular complexity index is 1660. The van der Waals surface area contributed by atoms with Gasteiger partial charge in [0.05, 0.1) is 26.4 Å². The van der Waals surface area contributed by atoms with Crippen molar-refractivity contribution in [3.63, 3.8) is 0 Å². The highest BCUT2D eigenvalue weighted by atomic mass is 16.5. The standard InChI is InChI=1S/C33H38N4O5/c1-22-13-27(16-30(38)37(22)2)41-21-32-10-12-42-33(18-32,19-32)20-36-25-6-8-28-23(14-25)9-11-34-31(28)35-17-24-5-7-26(39-3)15-29(24)40-4/h5-9,11,13-16,36H,10,12,17-21H2,1-4H3,(H,34,35). The van der Waals surface area contributed by atoms with Gasteiger partial charge in [0.2, 0.25) is 0 Å². The number of aryl methyl sites for hydroxylation is 1. The number of ether oxygens (including phenoxy) is 4. The molecule has 9 nitrogen and oxygen atoms in total. The van der Waals surface area contributed by atoms with Crippen LogP contribution >= 0.6 is 0 Å². The molecule has 2 saturated heterocycles. The molecule has 3 aliphatic rings. The molecular weight excluding hydrogens is 532 g/mol. The number of pyridine rings is 2. The highest BCUT2D eigenvalue weighted by Crippen LogP contribution is 2.56. The number of hydrogen-bond acceptors (Lipinski definition) is 8. The zero-order chi connectivity index (χ0) is 29.3. The van der Waals surface area contributed by atoms with E-state index in [-0.39, 0.29) is 16.6 Å². The highest BCUT2D eigenvalue weighted by Gasteiger charge is 2.58. The number of methoxy groups -OCH3 is 2. The summed E-state index contributed by atoms with van der Waals surface area (Å²) in [6.45, 7) is 4.55. The van der Waals surface area contributed by atoms with Gasteiger partial charge in [-0.3, -0.25) is 4.79 Å². The fraction of sp³-hybridized carbons (Fsp3) is 0.394. The summed E-state index contributed by atoms with van der Waals surface area (Å²) in [5, 5.41) is 9.24. The van der Waals surface area contributed by atoms with E-state index in [9.17, 15) is 4.79 Å². The van der Waals surface area contributed by atoms with Crippen molar-refractivity contribution in [3.05, 3.63) is 82.4 Å². The second-order valence-corrected chi connectivity index (χ2v) is 11.6. The Hall–Kier alpha value is -4.24. The normalized spacial score (nSPS) is 21.0. The minimum atomic E-state index is -0.193. The van der Waals surface area contributed by atoms with Crippen molar-refractivity contribution in [2.45, 2.75) is 38.3 Å². The predicted molar refractivity (Wildman–Crippen MR) is 164 cm³/mol. The average Bonchev–Trinajstić information content (AvgIpc) is 3.00. The van der Waals surface area contributed by atoms with Gasteiger partial charge in [-0.15, -0.1) is 0 Å². The van der Waals surface area contributed by atoms with Gasteiger partial charge in [0.25, 0.3) is 5.56 Å². The van der Waals surface area contributed by atoms with Crippen molar-refractivity contribution in [2.24, 2.45) is 12.5 Å². The molecule has 2 aromatic heterocycles. The molecule has 1 aliphatic carbocycles. The topological polar surface area (TPSA) is 95.9 Å². The molecule has 2 bridgehead atoms. The number of fused-ring (bicyclic) bond motifs is 3. The van der Waals surface area contributed by atoms with E-state index < -0.39 is 0 Å². The van der Waals surface area contributed by atoms with Crippen LogP contribution < -0.4 is 30.4 Å². The first-order valence-corrected chi connectivity index (χ1v) is 14.3. The number of nitrogens with zero attached hydrogens (tertiary/aromatic N) is 2. The molecule has 4 aromatic rings. The van der Waals surface area contributed by atoms with E-state index >= 15 is 0 Å². The van der Waals surface area contributed by atoms with Crippen molar-refractivity contribution in [1.82, 2.24) is 9.55 Å². The van der Waals surface area contributed by atoms with Gasteiger partial charge in [0, 0.05) is 72.8 Å². The van der Waals surface area contributed by atoms with Crippen LogP contribution in [0, 0.1) is 12.3 Å². The lowest BCUT2D eigenvalue weighted by molar-refractivity contribution is -0.225. The first kappa shape index (κ1) is 27.9. The lowest BCUT2D eigenvalue weighted by Gasteiger charge is -2.59. The third-order valence-electron chi connectivity index (χ3n) is 8.78. The molecule has 4 heterocycles. The maximum atomic E-state index is 12.1. The number of anilines is 2. The van der Waals surface area contributed by atoms with E-state index in [0.717, 1.165) is 77.4 Å². The third kappa shape index (κ3) is 5.48. The molecule has 1 saturated carbocycles. The largest absolute Gasteiger partial charge is 0.497 e. The maximum absolute atomic E-state index is 12.1. The Morgan fingerprint density at radius 2 is 1.86 bits per heavy atom. The van der Waals surface area contributed by atoms with E-state index in [1.165, 1.54) is 0 Å². The molecule has 0 radical (unpaired) electrons. The summed E-state index contributed by atoms with van der Waals surface area (Å²) in [4.78, 5) is 16.7. The monoisotopic (exact) mass is 570 g/mol. The van der Waals surface area contributed by atoms with Gasteiger partial charge in [-0.2, -0.15) is 0 Å². The summed E-state index contributed by atoms with van der Waals surface area (Å²) in [6, 6.07) is 17.7. The summed E-state index contributed by atoms with van der Waals surface area (Å²) in [6.07, 6.45) is 4.68. The van der Waals surface area contributed by atoms with Crippen molar-refractivity contribution in [2.75, 3.05) is 44.6 Å². The Kier molecular flexibility index (Phi) is 7.45. The minimum absolute atomic E-state index is 0.0480. The van der Waals surface area contributed by atoms with Crippen LogP contribution in [0.25, 0.3) is 10.8 Å². The summed E-state index contributed by atoms with van der Waals surface area (Å²) >= 11 is 0. The van der Waals surface area contributed by atoms with Crippen LogP contribution in [0.4, 0.5) is 11.5 Å². The van der Waals surface area contributed by atoms with Crippen molar-refractivity contribution >= 4 is 22.3 Å². The van der Waals surface area contributed by atoms with Gasteiger partial charge in [-0.05, 0) is 74.0 Å². The Labute approximate surface area is 245 Å². The van der Waals surface area contributed by atoms with Crippen LogP contribution in [0.5, 0.6) is 17.2 Å². The van der Waals surface area contributed by atoms with Gasteiger partial charge >= 0.3 is 0 Å². The maximum Gasteiger partial charge on any atom is 0.254 e. The molecular formula is C33H38N4O5. The first-order chi connectivity index (χ1) is 20.3. The van der Waals surface area contributed by atoms with Crippen LogP contribution in [-0.4, -0.2) is 49.1 Å². The van der Waals surface area contributed by atoms with Crippen LogP contribution in [0.15, 0.2) is 65.6 Å². The lowest BCUT2D eigenvalue weighted by Crippen LogP contribution is -2.63. The van der Waals surface area contributed by atoms with Crippen molar-refractivity contribution < 1.29 is 18.9 Å². The molecule has 0 atom stereocenters. The Morgan fingerprint density at radius 1 is 1.00 bits per heavy atom. The number of aromatic nitrogens is 2. The summed E-state index contributed by atoms with van der Waals surface area (Å²) in [7, 11) is 5.08. The smallest absolute Gasteiger partial charge is 0.254 e. The van der Waals surface area contributed by atoms with Gasteiger partial charge < -0.3 is 34.1 Å². The SMILES string of the molecule is COc1ccc(CNc2nccc3cc(NCC45CC(COc6cc(C)n(C)c(=O)c6)(CCO4)C5)ccc23)c(OC)c1. The molecule has 0 unspecified atom stereocenters. The van der Waals surface area contributed by atoms with Crippen LogP contribution in [0.2, 0.25) is 0 Å². The summed E-state index contributed by atoms with van der Waals surface area (Å²) < 4.78 is 24.9. The molecule has 0 amide bonds. The molecule has 9 heteroatoms. The van der Waals surface area contributed by atoms with E-state index in [4.69, 9.17) is 18.9 Å². The molecule has 2 N–H and O–H groups in total. The van der Waals surface area contributed by atoms with E-state index in [2.05, 4.69) is 33.8 Å². The molecule has 0 spiro atoms. The number of benzene rings is 2. The van der Waals surface area contributed by atoms with Crippen molar-refractivity contribution in [1.29, 1.82) is 0 Å². The van der Waals surface area contributed by atoms with Crippen LogP contribution in [0.3, 0.4) is 0 Å². The van der Waals surface area contributed by atoms with E-state index in [1.54, 1.807) is 31.9 Å². The highest BCUT2D eigenvalue weighted by molar-refractivity contribution is 5.93. The second kappa shape index (κ2) is 11.2. The number of rotatable bonds is 11. The zero-order valence-electron chi connectivity index (χ0n) is 24.7. The molecule has 3 fully saturated rings. The molecule has 42 heavy (non-hydrogen) atoms. The molecule has 2 aliphatic heterocycles. The van der Waals surface area contributed by atoms with Gasteiger partial charge in [0.1, 0.15) is 23.1 Å². The van der Waals surface area contributed by atoms with E-state index in [1.807, 2.05) is 43.5 Å². The van der Waals surface area contributed by atoms with Gasteiger partial charge in [-0.25, -0.2) is 4.98 Å². The first-order valence-electron chi connectivity index (χ1n) is 14.3. The van der Waals surface area contributed by atoms with Crippen LogP contribution in [0.1, 0.15) is 30.5 Å². The van der Waals surface area contributed by atoms with Gasteiger partial charge in [0.15, 0.2) is 0 Å². The quantitative estimate of drug-likeness (QED) is 0.251. The fourth-order valence-electron chi connectivity index (χ4n) is 6.35. The lowest BCUT2D eigenvalue weighted by atomic mass is 9.56. The predicted octanol–water partition coefficient (Wildman–Crippen LogP) is 5.30. The summed E-state index contributed by atoms with van der Waals surface area (Å²) in [5.74, 6) is 3.00. The zero-order valence-corrected chi connectivity index (χ0v) is 24.7. The summed E-state index contributed by atoms with van der Waals surface area (Å²) in [5.41, 5.74) is 2.81. The fourth-order valence-corrected chi connectivity index (χ4v) is 6.35. The number of hydrogen-bond donors (Lipinski definition) is 2. The van der Waals surface area contributed by atoms with Gasteiger partial charge in [-0.1, -0.05) is 0 Å². The molecule has 2 aromatic carbocycles. The van der Waals surface area contributed by atoms with E-state index in [0.29, 0.717) is 18.9 Å². The Morgan fingerprint density at radius 3 is 2.64 bits per heavy atom. The molecule has 7 rings (SSSR count). The second-order valence-electron chi connectivity index (χ2n) is 11.6. The van der Waals surface area contributed by atoms with Crippen molar-refractivity contribution in [3.8, 4) is 17.2 Å². The number of nitrogens with one attached hydrogen (secondary N) is 2. The van der Waals surface area contributed by atoms with Crippen LogP contribution in [-0.2, 0) is 18.3 Å².